The van der Waals surface area contributed by atoms with Gasteiger partial charge >= 0.3 is 0 Å². The van der Waals surface area contributed by atoms with Gasteiger partial charge in [-0.1, -0.05) is 11.6 Å². The van der Waals surface area contributed by atoms with E-state index < -0.39 is 5.82 Å². The van der Waals surface area contributed by atoms with Crippen molar-refractivity contribution < 1.29 is 4.39 Å². The average molecular weight is 222 g/mol. The van der Waals surface area contributed by atoms with Crippen LogP contribution in [0.15, 0.2) is 22.7 Å². The molecule has 1 rings (SSSR count). The van der Waals surface area contributed by atoms with E-state index in [2.05, 4.69) is 9.83 Å². The maximum atomic E-state index is 12.6. The largest absolute Gasteiger partial charge is 0.369 e. The number of nitrogens with two attached hydrogens (primary N) is 1. The summed E-state index contributed by atoms with van der Waals surface area (Å²) in [6.45, 7) is 0. The van der Waals surface area contributed by atoms with Crippen molar-refractivity contribution >= 4 is 35.0 Å². The van der Waals surface area contributed by atoms with Crippen LogP contribution in [-0.2, 0) is 0 Å². The molecular weight excluding hydrogens is 216 g/mol. The highest BCUT2D eigenvalue weighted by Gasteiger charge is 2.02. The first-order chi connectivity index (χ1) is 6.13. The third-order valence-electron chi connectivity index (χ3n) is 1.28. The van der Waals surface area contributed by atoms with Gasteiger partial charge in [-0.15, -0.1) is 4.51 Å². The van der Waals surface area contributed by atoms with Gasteiger partial charge in [0.15, 0.2) is 0 Å². The number of hydrogen-bond donors (Lipinski definition) is 2. The molecule has 3 nitrogen and oxygen atoms in total. The first kappa shape index (κ1) is 10.1. The number of guanidine groups is 1. The highest BCUT2D eigenvalue weighted by molar-refractivity contribution is 6.34. The predicted octanol–water partition coefficient (Wildman–Crippen LogP) is 2.36. The van der Waals surface area contributed by atoms with Crippen LogP contribution < -0.4 is 11.1 Å². The molecule has 0 aliphatic rings. The summed E-state index contributed by atoms with van der Waals surface area (Å²) in [7, 11) is 0. The molecule has 0 spiro atoms. The molecule has 0 heterocycles. The molecule has 3 N–H and O–H groups in total. The van der Waals surface area contributed by atoms with Crippen molar-refractivity contribution in [3.8, 4) is 0 Å². The topological polar surface area (TPSA) is 50.4 Å². The van der Waals surface area contributed by atoms with Crippen molar-refractivity contribution in [3.63, 3.8) is 0 Å². The maximum Gasteiger partial charge on any atom is 0.210 e. The highest BCUT2D eigenvalue weighted by atomic mass is 35.5. The van der Waals surface area contributed by atoms with Crippen LogP contribution in [0.3, 0.4) is 0 Å². The lowest BCUT2D eigenvalue weighted by molar-refractivity contribution is 0.628. The van der Waals surface area contributed by atoms with E-state index in [0.29, 0.717) is 5.69 Å². The van der Waals surface area contributed by atoms with Crippen molar-refractivity contribution in [1.29, 1.82) is 0 Å². The summed E-state index contributed by atoms with van der Waals surface area (Å²) < 4.78 is 15.7. The normalized spacial score (nSPS) is 11.5. The number of anilines is 1. The second kappa shape index (κ2) is 4.30. The fourth-order valence-electron chi connectivity index (χ4n) is 0.750. The van der Waals surface area contributed by atoms with E-state index in [-0.39, 0.29) is 11.0 Å². The Hall–Kier alpha value is -1.00. The van der Waals surface area contributed by atoms with Crippen LogP contribution in [0.5, 0.6) is 0 Å². The van der Waals surface area contributed by atoms with Crippen molar-refractivity contribution in [1.82, 2.24) is 0 Å². The molecule has 0 aromatic heterocycles. The first-order valence-corrected chi connectivity index (χ1v) is 4.01. The Balaban J connectivity index is 2.90. The van der Waals surface area contributed by atoms with Gasteiger partial charge in [0, 0.05) is 11.8 Å². The van der Waals surface area contributed by atoms with Crippen molar-refractivity contribution in [2.75, 3.05) is 5.32 Å². The maximum absolute atomic E-state index is 12.6. The minimum Gasteiger partial charge on any atom is -0.369 e. The molecule has 0 aliphatic carbocycles. The Morgan fingerprint density at radius 1 is 1.54 bits per heavy atom. The summed E-state index contributed by atoms with van der Waals surface area (Å²) in [4.78, 5) is 0. The molecule has 1 aromatic carbocycles. The van der Waals surface area contributed by atoms with Gasteiger partial charge in [0.25, 0.3) is 0 Å². The molecule has 0 amide bonds. The summed E-state index contributed by atoms with van der Waals surface area (Å²) in [5.74, 6) is -0.424. The van der Waals surface area contributed by atoms with Gasteiger partial charge in [-0.3, -0.25) is 0 Å². The molecule has 1 aromatic rings. The number of hydrogen-bond acceptors (Lipinski definition) is 1. The zero-order valence-corrected chi connectivity index (χ0v) is 7.90. The van der Waals surface area contributed by atoms with Crippen LogP contribution >= 0.6 is 23.4 Å². The summed E-state index contributed by atoms with van der Waals surface area (Å²) in [6, 6.07) is 3.84. The smallest absolute Gasteiger partial charge is 0.210 e. The number of halogens is 3. The molecule has 70 valence electrons. The van der Waals surface area contributed by atoms with Crippen LogP contribution in [0.2, 0.25) is 5.02 Å². The SMILES string of the molecule is NC(=NCl)Nc1ccc(F)cc1Cl. The summed E-state index contributed by atoms with van der Waals surface area (Å²) in [5, 5.41) is 2.80. The average Bonchev–Trinajstić information content (AvgIpc) is 2.09. The predicted molar refractivity (Wildman–Crippen MR) is 52.5 cm³/mol. The van der Waals surface area contributed by atoms with E-state index >= 15 is 0 Å². The third-order valence-corrected chi connectivity index (χ3v) is 1.78. The number of nitrogens with one attached hydrogen (secondary N) is 1. The monoisotopic (exact) mass is 221 g/mol. The van der Waals surface area contributed by atoms with Crippen LogP contribution in [0, 0.1) is 5.82 Å². The third kappa shape index (κ3) is 2.75. The van der Waals surface area contributed by atoms with Gasteiger partial charge in [0.2, 0.25) is 5.96 Å². The molecule has 0 saturated carbocycles. The molecule has 13 heavy (non-hydrogen) atoms. The molecule has 0 bridgehead atoms. The van der Waals surface area contributed by atoms with Crippen molar-refractivity contribution in [2.45, 2.75) is 0 Å². The van der Waals surface area contributed by atoms with Gasteiger partial charge in [-0.25, -0.2) is 4.39 Å². The Labute approximate surface area is 84.5 Å². The van der Waals surface area contributed by atoms with Gasteiger partial charge < -0.3 is 11.1 Å². The second-order valence-electron chi connectivity index (χ2n) is 2.22. The minimum absolute atomic E-state index is 0.00447. The summed E-state index contributed by atoms with van der Waals surface area (Å²) >= 11 is 10.7. The van der Waals surface area contributed by atoms with Crippen LogP contribution in [0.25, 0.3) is 0 Å². The Kier molecular flexibility index (Phi) is 3.33. The van der Waals surface area contributed by atoms with Crippen molar-refractivity contribution in [3.05, 3.63) is 29.0 Å². The zero-order chi connectivity index (χ0) is 9.84. The first-order valence-electron chi connectivity index (χ1n) is 3.30. The van der Waals surface area contributed by atoms with Crippen LogP contribution in [0.4, 0.5) is 10.1 Å². The second-order valence-corrected chi connectivity index (χ2v) is 2.80. The fourth-order valence-corrected chi connectivity index (χ4v) is 1.01. The van der Waals surface area contributed by atoms with Gasteiger partial charge in [-0.05, 0) is 18.2 Å². The van der Waals surface area contributed by atoms with E-state index in [1.807, 2.05) is 0 Å². The van der Waals surface area contributed by atoms with Crippen molar-refractivity contribution in [2.24, 2.45) is 10.2 Å². The Morgan fingerprint density at radius 2 is 2.23 bits per heavy atom. The van der Waals surface area contributed by atoms with E-state index in [1.165, 1.54) is 12.1 Å². The molecule has 0 atom stereocenters. The number of benzene rings is 1. The van der Waals surface area contributed by atoms with E-state index in [4.69, 9.17) is 29.1 Å². The van der Waals surface area contributed by atoms with Crippen LogP contribution in [-0.4, -0.2) is 5.96 Å². The molecule has 0 radical (unpaired) electrons. The van der Waals surface area contributed by atoms with Crippen LogP contribution in [0.1, 0.15) is 0 Å². The number of rotatable bonds is 1. The lowest BCUT2D eigenvalue weighted by Gasteiger charge is -2.05. The quantitative estimate of drug-likeness (QED) is 0.566. The summed E-state index contributed by atoms with van der Waals surface area (Å²) in [6.07, 6.45) is 0. The standard InChI is InChI=1S/C7H6Cl2FN3/c8-5-3-4(10)1-2-6(5)12-7(11)13-9/h1-3H,(H3,11,12,13). The fraction of sp³-hybridized carbons (Fsp3) is 0. The van der Waals surface area contributed by atoms with E-state index in [0.717, 1.165) is 6.07 Å². The van der Waals surface area contributed by atoms with E-state index in [1.54, 1.807) is 0 Å². The summed E-state index contributed by atoms with van der Waals surface area (Å²) in [5.41, 5.74) is 5.72. The molecular formula is C7H6Cl2FN3. The van der Waals surface area contributed by atoms with Gasteiger partial charge in [0.05, 0.1) is 10.7 Å². The molecule has 0 aliphatic heterocycles. The minimum atomic E-state index is -0.420. The van der Waals surface area contributed by atoms with E-state index in [9.17, 15) is 4.39 Å². The zero-order valence-electron chi connectivity index (χ0n) is 6.39. The lowest BCUT2D eigenvalue weighted by atomic mass is 10.3. The molecule has 0 unspecified atom stereocenters. The van der Waals surface area contributed by atoms with Gasteiger partial charge in [-0.2, -0.15) is 0 Å². The number of nitrogens with zero attached hydrogens (tertiary/aromatic N) is 1. The Morgan fingerprint density at radius 3 is 2.77 bits per heavy atom. The lowest BCUT2D eigenvalue weighted by Crippen LogP contribution is -2.21. The molecule has 0 saturated heterocycles. The highest BCUT2D eigenvalue weighted by Crippen LogP contribution is 2.21. The Bertz CT molecular complexity index is 341. The molecule has 0 fully saturated rings. The molecule has 6 heteroatoms. The van der Waals surface area contributed by atoms with Gasteiger partial charge in [0.1, 0.15) is 5.82 Å².